The van der Waals surface area contributed by atoms with Gasteiger partial charge < -0.3 is 20.4 Å². The molecule has 0 spiro atoms. The quantitative estimate of drug-likeness (QED) is 0.836. The molecular weight excluding hydrogens is 356 g/mol. The highest BCUT2D eigenvalue weighted by atomic mass is 35.5. The fourth-order valence-electron chi connectivity index (χ4n) is 3.27. The summed E-state index contributed by atoms with van der Waals surface area (Å²) in [6.45, 7) is 4.91. The van der Waals surface area contributed by atoms with Crippen molar-refractivity contribution in [3.63, 3.8) is 0 Å². The standard InChI is InChI=1S/C16H21ClN8O/c17-12-7-21-25(10-12)14-1-4-24(11-14)16(26)22-13-8-19-15(20-9-13)23-5-2-18-3-6-23/h7-10,14,18H,1-6,11H2,(H,22,26). The van der Waals surface area contributed by atoms with Crippen LogP contribution in [0.15, 0.2) is 24.8 Å². The molecule has 0 aromatic carbocycles. The van der Waals surface area contributed by atoms with Crippen molar-refractivity contribution >= 4 is 29.3 Å². The summed E-state index contributed by atoms with van der Waals surface area (Å²) in [7, 11) is 0. The highest BCUT2D eigenvalue weighted by Crippen LogP contribution is 2.23. The number of likely N-dealkylation sites (tertiary alicyclic amines) is 1. The lowest BCUT2D eigenvalue weighted by Gasteiger charge is -2.27. The molecule has 1 unspecified atom stereocenters. The van der Waals surface area contributed by atoms with E-state index in [1.54, 1.807) is 29.7 Å². The summed E-state index contributed by atoms with van der Waals surface area (Å²) in [4.78, 5) is 25.1. The van der Waals surface area contributed by atoms with Crippen LogP contribution < -0.4 is 15.5 Å². The summed E-state index contributed by atoms with van der Waals surface area (Å²) in [5, 5.41) is 11.0. The van der Waals surface area contributed by atoms with Crippen LogP contribution in [0.5, 0.6) is 0 Å². The van der Waals surface area contributed by atoms with Crippen LogP contribution in [0.25, 0.3) is 0 Å². The second-order valence-corrected chi connectivity index (χ2v) is 6.90. The molecule has 2 aromatic heterocycles. The second kappa shape index (κ2) is 7.46. The summed E-state index contributed by atoms with van der Waals surface area (Å²) in [5.74, 6) is 0.696. The minimum atomic E-state index is -0.149. The van der Waals surface area contributed by atoms with Gasteiger partial charge in [0.25, 0.3) is 0 Å². The third kappa shape index (κ3) is 3.73. The third-order valence-corrected chi connectivity index (χ3v) is 4.88. The maximum atomic E-state index is 12.5. The first-order valence-electron chi connectivity index (χ1n) is 8.72. The number of piperazine rings is 1. The Labute approximate surface area is 156 Å². The lowest BCUT2D eigenvalue weighted by Crippen LogP contribution is -2.44. The average Bonchev–Trinajstić information content (AvgIpc) is 3.32. The van der Waals surface area contributed by atoms with Crippen molar-refractivity contribution < 1.29 is 4.79 Å². The van der Waals surface area contributed by atoms with Crippen LogP contribution in [0.3, 0.4) is 0 Å². The van der Waals surface area contributed by atoms with Gasteiger partial charge in [0.15, 0.2) is 0 Å². The molecule has 4 heterocycles. The molecule has 0 bridgehead atoms. The van der Waals surface area contributed by atoms with Gasteiger partial charge in [-0.15, -0.1) is 0 Å². The van der Waals surface area contributed by atoms with Gasteiger partial charge >= 0.3 is 6.03 Å². The molecule has 1 atom stereocenters. The zero-order chi connectivity index (χ0) is 17.9. The fourth-order valence-corrected chi connectivity index (χ4v) is 3.42. The first-order chi connectivity index (χ1) is 12.7. The number of nitrogens with zero attached hydrogens (tertiary/aromatic N) is 6. The Balaban J connectivity index is 1.33. The number of carbonyl (C=O) groups excluding carboxylic acids is 1. The van der Waals surface area contributed by atoms with E-state index >= 15 is 0 Å². The molecule has 2 fully saturated rings. The van der Waals surface area contributed by atoms with E-state index in [-0.39, 0.29) is 12.1 Å². The van der Waals surface area contributed by atoms with Crippen molar-refractivity contribution in [1.29, 1.82) is 0 Å². The average molecular weight is 377 g/mol. The largest absolute Gasteiger partial charge is 0.338 e. The smallest absolute Gasteiger partial charge is 0.322 e. The van der Waals surface area contributed by atoms with E-state index in [9.17, 15) is 4.79 Å². The van der Waals surface area contributed by atoms with E-state index in [0.717, 1.165) is 32.6 Å². The van der Waals surface area contributed by atoms with Crippen LogP contribution in [0, 0.1) is 0 Å². The molecule has 0 aliphatic carbocycles. The van der Waals surface area contributed by atoms with Crippen LogP contribution in [0.2, 0.25) is 5.02 Å². The number of hydrogen-bond donors (Lipinski definition) is 2. The molecule has 0 radical (unpaired) electrons. The Morgan fingerprint density at radius 1 is 1.19 bits per heavy atom. The van der Waals surface area contributed by atoms with Crippen LogP contribution in [0.1, 0.15) is 12.5 Å². The topological polar surface area (TPSA) is 91.2 Å². The van der Waals surface area contributed by atoms with Crippen molar-refractivity contribution in [2.75, 3.05) is 49.5 Å². The molecule has 10 heteroatoms. The van der Waals surface area contributed by atoms with Gasteiger partial charge in [-0.3, -0.25) is 4.68 Å². The monoisotopic (exact) mass is 376 g/mol. The van der Waals surface area contributed by atoms with Crippen LogP contribution in [0.4, 0.5) is 16.4 Å². The van der Waals surface area contributed by atoms with Crippen molar-refractivity contribution in [2.24, 2.45) is 0 Å². The third-order valence-electron chi connectivity index (χ3n) is 4.68. The summed E-state index contributed by atoms with van der Waals surface area (Å²) in [6.07, 6.45) is 7.56. The predicted octanol–water partition coefficient (Wildman–Crippen LogP) is 1.21. The SMILES string of the molecule is O=C(Nc1cnc(N2CCNCC2)nc1)N1CCC(n2cc(Cl)cn2)C1. The number of aromatic nitrogens is 4. The maximum absolute atomic E-state index is 12.5. The molecule has 2 amide bonds. The number of halogens is 1. The zero-order valence-electron chi connectivity index (χ0n) is 14.3. The molecule has 26 heavy (non-hydrogen) atoms. The molecule has 2 aliphatic rings. The van der Waals surface area contributed by atoms with E-state index in [2.05, 4.69) is 30.6 Å². The lowest BCUT2D eigenvalue weighted by atomic mass is 10.3. The molecule has 2 saturated heterocycles. The summed E-state index contributed by atoms with van der Waals surface area (Å²) in [6, 6.07) is 0.00358. The Morgan fingerprint density at radius 3 is 2.65 bits per heavy atom. The number of anilines is 2. The molecule has 4 rings (SSSR count). The van der Waals surface area contributed by atoms with E-state index in [1.807, 2.05) is 4.68 Å². The van der Waals surface area contributed by atoms with E-state index in [1.165, 1.54) is 0 Å². The Hall–Kier alpha value is -2.39. The molecule has 2 aromatic rings. The van der Waals surface area contributed by atoms with Gasteiger partial charge in [0, 0.05) is 45.5 Å². The number of hydrogen-bond acceptors (Lipinski definition) is 6. The number of amides is 2. The molecule has 138 valence electrons. The van der Waals surface area contributed by atoms with Crippen molar-refractivity contribution in [3.05, 3.63) is 29.8 Å². The van der Waals surface area contributed by atoms with Crippen LogP contribution in [-0.2, 0) is 0 Å². The number of carbonyl (C=O) groups is 1. The zero-order valence-corrected chi connectivity index (χ0v) is 15.1. The maximum Gasteiger partial charge on any atom is 0.322 e. The highest BCUT2D eigenvalue weighted by Gasteiger charge is 2.28. The minimum Gasteiger partial charge on any atom is -0.338 e. The van der Waals surface area contributed by atoms with E-state index in [4.69, 9.17) is 11.6 Å². The highest BCUT2D eigenvalue weighted by molar-refractivity contribution is 6.30. The van der Waals surface area contributed by atoms with Crippen molar-refractivity contribution in [2.45, 2.75) is 12.5 Å². The normalized spacial score (nSPS) is 20.4. The number of rotatable bonds is 3. The van der Waals surface area contributed by atoms with Gasteiger partial charge in [-0.05, 0) is 6.42 Å². The van der Waals surface area contributed by atoms with Crippen molar-refractivity contribution in [1.82, 2.24) is 30.0 Å². The fraction of sp³-hybridized carbons (Fsp3) is 0.500. The van der Waals surface area contributed by atoms with Gasteiger partial charge in [-0.2, -0.15) is 5.10 Å². The number of nitrogens with one attached hydrogen (secondary N) is 2. The Morgan fingerprint density at radius 2 is 1.96 bits per heavy atom. The van der Waals surface area contributed by atoms with E-state index < -0.39 is 0 Å². The van der Waals surface area contributed by atoms with Gasteiger partial charge in [0.1, 0.15) is 0 Å². The first kappa shape index (κ1) is 17.0. The summed E-state index contributed by atoms with van der Waals surface area (Å²) >= 11 is 5.92. The Kier molecular flexibility index (Phi) is 4.89. The molecule has 2 aliphatic heterocycles. The van der Waals surface area contributed by atoms with Gasteiger partial charge in [0.05, 0.1) is 35.3 Å². The Bertz CT molecular complexity index is 758. The predicted molar refractivity (Wildman–Crippen MR) is 98.6 cm³/mol. The summed E-state index contributed by atoms with van der Waals surface area (Å²) in [5.41, 5.74) is 0.597. The second-order valence-electron chi connectivity index (χ2n) is 6.47. The van der Waals surface area contributed by atoms with Gasteiger partial charge in [-0.1, -0.05) is 11.6 Å². The molecular formula is C16H21ClN8O. The molecule has 9 nitrogen and oxygen atoms in total. The first-order valence-corrected chi connectivity index (χ1v) is 9.10. The minimum absolute atomic E-state index is 0.149. The molecule has 0 saturated carbocycles. The van der Waals surface area contributed by atoms with Crippen LogP contribution >= 0.6 is 11.6 Å². The van der Waals surface area contributed by atoms with E-state index in [0.29, 0.717) is 29.7 Å². The number of urea groups is 1. The molecule has 2 N–H and O–H groups in total. The van der Waals surface area contributed by atoms with Crippen molar-refractivity contribution in [3.8, 4) is 0 Å². The van der Waals surface area contributed by atoms with Gasteiger partial charge in [-0.25, -0.2) is 14.8 Å². The summed E-state index contributed by atoms with van der Waals surface area (Å²) < 4.78 is 1.82. The van der Waals surface area contributed by atoms with Crippen LogP contribution in [-0.4, -0.2) is 69.9 Å². The van der Waals surface area contributed by atoms with Gasteiger partial charge in [0.2, 0.25) is 5.95 Å². The lowest BCUT2D eigenvalue weighted by molar-refractivity contribution is 0.220.